The summed E-state index contributed by atoms with van der Waals surface area (Å²) >= 11 is 0. The van der Waals surface area contributed by atoms with E-state index in [0.29, 0.717) is 19.7 Å². The van der Waals surface area contributed by atoms with Crippen molar-refractivity contribution in [3.05, 3.63) is 0 Å². The van der Waals surface area contributed by atoms with Gasteiger partial charge in [0.1, 0.15) is 6.61 Å². The molecule has 4 heteroatoms. The van der Waals surface area contributed by atoms with Crippen molar-refractivity contribution in [2.24, 2.45) is 4.99 Å². The lowest BCUT2D eigenvalue weighted by Crippen LogP contribution is -2.36. The minimum Gasteiger partial charge on any atom is -0.471 e. The molecule has 0 aromatic carbocycles. The Balaban J connectivity index is 2.71. The van der Waals surface area contributed by atoms with Gasteiger partial charge in [0, 0.05) is 13.1 Å². The zero-order valence-electron chi connectivity index (χ0n) is 9.33. The molecule has 0 radical (unpaired) electrons. The van der Waals surface area contributed by atoms with Crippen LogP contribution in [0.3, 0.4) is 0 Å². The van der Waals surface area contributed by atoms with Crippen molar-refractivity contribution in [1.82, 2.24) is 4.90 Å². The smallest absolute Gasteiger partial charge is 0.308 e. The van der Waals surface area contributed by atoms with Crippen LogP contribution >= 0.6 is 0 Å². The lowest BCUT2D eigenvalue weighted by atomic mass is 10.1. The molecule has 0 aromatic rings. The van der Waals surface area contributed by atoms with Crippen molar-refractivity contribution in [1.29, 1.82) is 0 Å². The number of ether oxygens (including phenoxy) is 1. The second-order valence-electron chi connectivity index (χ2n) is 4.00. The molecule has 0 N–H and O–H groups in total. The van der Waals surface area contributed by atoms with Gasteiger partial charge in [-0.25, -0.2) is 4.99 Å². The molecule has 0 bridgehead atoms. The third kappa shape index (κ3) is 2.25. The van der Waals surface area contributed by atoms with Gasteiger partial charge in [-0.1, -0.05) is 0 Å². The first-order valence-corrected chi connectivity index (χ1v) is 5.02. The van der Waals surface area contributed by atoms with Crippen LogP contribution < -0.4 is 0 Å². The highest BCUT2D eigenvalue weighted by Crippen LogP contribution is 2.17. The van der Waals surface area contributed by atoms with Crippen molar-refractivity contribution >= 4 is 11.8 Å². The Kier molecular flexibility index (Phi) is 3.13. The summed E-state index contributed by atoms with van der Waals surface area (Å²) in [6, 6.07) is 0. The molecule has 0 saturated heterocycles. The number of amides is 1. The molecule has 14 heavy (non-hydrogen) atoms. The number of carbonyl (C=O) groups excluding carboxylic acids is 1. The van der Waals surface area contributed by atoms with Gasteiger partial charge in [0.25, 0.3) is 5.90 Å². The van der Waals surface area contributed by atoms with Gasteiger partial charge in [-0.05, 0) is 27.7 Å². The predicted molar refractivity (Wildman–Crippen MR) is 55.4 cm³/mol. The standard InChI is InChI=1S/C10H18N2O2/c1-5-12(6-2)9(13)8-11-10(3,4)7-14-8/h5-7H2,1-4H3. The highest BCUT2D eigenvalue weighted by Gasteiger charge is 2.31. The van der Waals surface area contributed by atoms with Crippen LogP contribution in [0.1, 0.15) is 27.7 Å². The van der Waals surface area contributed by atoms with Gasteiger partial charge >= 0.3 is 5.91 Å². The molecule has 1 rings (SSSR count). The molecule has 4 nitrogen and oxygen atoms in total. The Hall–Kier alpha value is -1.06. The highest BCUT2D eigenvalue weighted by molar-refractivity contribution is 6.35. The molecule has 0 saturated carbocycles. The number of rotatable bonds is 3. The van der Waals surface area contributed by atoms with Gasteiger partial charge in [0.15, 0.2) is 0 Å². The van der Waals surface area contributed by atoms with E-state index in [1.807, 2.05) is 27.7 Å². The number of aliphatic imine (C=N–C) groups is 1. The first-order chi connectivity index (χ1) is 6.50. The summed E-state index contributed by atoms with van der Waals surface area (Å²) in [7, 11) is 0. The zero-order valence-corrected chi connectivity index (χ0v) is 9.33. The first-order valence-electron chi connectivity index (χ1n) is 5.02. The lowest BCUT2D eigenvalue weighted by Gasteiger charge is -2.17. The van der Waals surface area contributed by atoms with E-state index in [1.165, 1.54) is 0 Å². The lowest BCUT2D eigenvalue weighted by molar-refractivity contribution is -0.125. The Morgan fingerprint density at radius 3 is 2.43 bits per heavy atom. The summed E-state index contributed by atoms with van der Waals surface area (Å²) in [6.45, 7) is 9.68. The van der Waals surface area contributed by atoms with Gasteiger partial charge in [-0.15, -0.1) is 0 Å². The molecule has 0 fully saturated rings. The first kappa shape index (κ1) is 11.0. The van der Waals surface area contributed by atoms with Crippen molar-refractivity contribution < 1.29 is 9.53 Å². The van der Waals surface area contributed by atoms with Crippen LogP contribution in [0.4, 0.5) is 0 Å². The maximum absolute atomic E-state index is 11.8. The van der Waals surface area contributed by atoms with Crippen LogP contribution in [-0.4, -0.2) is 41.9 Å². The second-order valence-corrected chi connectivity index (χ2v) is 4.00. The van der Waals surface area contributed by atoms with Gasteiger partial charge in [0.05, 0.1) is 5.54 Å². The van der Waals surface area contributed by atoms with Crippen LogP contribution in [0, 0.1) is 0 Å². The Morgan fingerprint density at radius 1 is 1.50 bits per heavy atom. The molecule has 0 atom stereocenters. The molecule has 1 aliphatic heterocycles. The molecule has 1 aliphatic rings. The van der Waals surface area contributed by atoms with E-state index in [1.54, 1.807) is 4.90 Å². The molecule has 1 heterocycles. The van der Waals surface area contributed by atoms with Crippen molar-refractivity contribution in [2.45, 2.75) is 33.2 Å². The monoisotopic (exact) mass is 198 g/mol. The van der Waals surface area contributed by atoms with Crippen molar-refractivity contribution in [2.75, 3.05) is 19.7 Å². The molecular formula is C10H18N2O2. The Bertz CT molecular complexity index is 255. The molecule has 80 valence electrons. The van der Waals surface area contributed by atoms with Gasteiger partial charge < -0.3 is 9.64 Å². The van der Waals surface area contributed by atoms with Crippen molar-refractivity contribution in [3.8, 4) is 0 Å². The minimum atomic E-state index is -0.252. The van der Waals surface area contributed by atoms with Crippen LogP contribution in [-0.2, 0) is 9.53 Å². The number of carbonyl (C=O) groups is 1. The average molecular weight is 198 g/mol. The number of hydrogen-bond acceptors (Lipinski definition) is 3. The van der Waals surface area contributed by atoms with E-state index in [0.717, 1.165) is 0 Å². The maximum atomic E-state index is 11.8. The fourth-order valence-electron chi connectivity index (χ4n) is 1.34. The van der Waals surface area contributed by atoms with E-state index >= 15 is 0 Å². The molecule has 0 aliphatic carbocycles. The van der Waals surface area contributed by atoms with Crippen LogP contribution in [0.2, 0.25) is 0 Å². The van der Waals surface area contributed by atoms with E-state index in [9.17, 15) is 4.79 Å². The largest absolute Gasteiger partial charge is 0.471 e. The van der Waals surface area contributed by atoms with E-state index in [2.05, 4.69) is 4.99 Å². The third-order valence-electron chi connectivity index (χ3n) is 2.20. The maximum Gasteiger partial charge on any atom is 0.308 e. The summed E-state index contributed by atoms with van der Waals surface area (Å²) in [4.78, 5) is 17.7. The Morgan fingerprint density at radius 2 is 2.07 bits per heavy atom. The normalized spacial score (nSPS) is 18.7. The highest BCUT2D eigenvalue weighted by atomic mass is 16.5. The number of likely N-dealkylation sites (N-methyl/N-ethyl adjacent to an activating group) is 1. The molecule has 0 aromatic heterocycles. The van der Waals surface area contributed by atoms with Gasteiger partial charge in [-0.2, -0.15) is 0 Å². The predicted octanol–water partition coefficient (Wildman–Crippen LogP) is 1.06. The SMILES string of the molecule is CCN(CC)C(=O)C1=NC(C)(C)CO1. The number of hydrogen-bond donors (Lipinski definition) is 0. The summed E-state index contributed by atoms with van der Waals surface area (Å²) in [5.41, 5.74) is -0.252. The van der Waals surface area contributed by atoms with E-state index < -0.39 is 0 Å². The van der Waals surface area contributed by atoms with Crippen LogP contribution in [0.5, 0.6) is 0 Å². The summed E-state index contributed by atoms with van der Waals surface area (Å²) in [6.07, 6.45) is 0. The zero-order chi connectivity index (χ0) is 10.8. The van der Waals surface area contributed by atoms with Gasteiger partial charge in [-0.3, -0.25) is 4.79 Å². The topological polar surface area (TPSA) is 41.9 Å². The average Bonchev–Trinajstić information content (AvgIpc) is 2.48. The quantitative estimate of drug-likeness (QED) is 0.680. The van der Waals surface area contributed by atoms with E-state index in [4.69, 9.17) is 4.74 Å². The molecule has 0 unspecified atom stereocenters. The van der Waals surface area contributed by atoms with E-state index in [-0.39, 0.29) is 17.3 Å². The molecule has 0 spiro atoms. The summed E-state index contributed by atoms with van der Waals surface area (Å²) in [5.74, 6) is 0.166. The fourth-order valence-corrected chi connectivity index (χ4v) is 1.34. The number of nitrogens with zero attached hydrogens (tertiary/aromatic N) is 2. The third-order valence-corrected chi connectivity index (χ3v) is 2.20. The van der Waals surface area contributed by atoms with Crippen LogP contribution in [0.25, 0.3) is 0 Å². The summed E-state index contributed by atoms with van der Waals surface area (Å²) < 4.78 is 5.27. The fraction of sp³-hybridized carbons (Fsp3) is 0.800. The minimum absolute atomic E-state index is 0.0967. The second kappa shape index (κ2) is 3.98. The van der Waals surface area contributed by atoms with Gasteiger partial charge in [0.2, 0.25) is 0 Å². The van der Waals surface area contributed by atoms with Crippen molar-refractivity contribution in [3.63, 3.8) is 0 Å². The summed E-state index contributed by atoms with van der Waals surface area (Å²) in [5, 5.41) is 0. The Labute approximate surface area is 84.9 Å². The molecular weight excluding hydrogens is 180 g/mol. The molecule has 1 amide bonds. The van der Waals surface area contributed by atoms with Crippen LogP contribution in [0.15, 0.2) is 4.99 Å².